The van der Waals surface area contributed by atoms with Gasteiger partial charge in [-0.3, -0.25) is 14.4 Å². The highest BCUT2D eigenvalue weighted by Crippen LogP contribution is 2.12. The van der Waals surface area contributed by atoms with Crippen LogP contribution in [0, 0.1) is 0 Å². The summed E-state index contributed by atoms with van der Waals surface area (Å²) in [5.41, 5.74) is 1.17. The number of furan rings is 1. The summed E-state index contributed by atoms with van der Waals surface area (Å²) in [5, 5.41) is 0. The van der Waals surface area contributed by atoms with Gasteiger partial charge in [0.1, 0.15) is 5.76 Å². The lowest BCUT2D eigenvalue weighted by molar-refractivity contribution is -0.112. The average Bonchev–Trinajstić information content (AvgIpc) is 3.11. The Bertz CT molecular complexity index is 665. The van der Waals surface area contributed by atoms with Crippen LogP contribution in [0.5, 0.6) is 0 Å². The quantitative estimate of drug-likeness (QED) is 0.562. The summed E-state index contributed by atoms with van der Waals surface area (Å²) in [7, 11) is 0. The largest absolute Gasteiger partial charge is 0.469 e. The second kappa shape index (κ2) is 11.7. The Hall–Kier alpha value is -2.75. The molecule has 0 aliphatic heterocycles. The van der Waals surface area contributed by atoms with Crippen LogP contribution in [0.25, 0.3) is 0 Å². The van der Waals surface area contributed by atoms with Gasteiger partial charge >= 0.3 is 0 Å². The van der Waals surface area contributed by atoms with E-state index in [0.717, 1.165) is 5.76 Å². The van der Waals surface area contributed by atoms with E-state index in [-0.39, 0.29) is 17.3 Å². The maximum absolute atomic E-state index is 10.9. The Balaban J connectivity index is 0.000000382. The van der Waals surface area contributed by atoms with E-state index in [2.05, 4.69) is 20.4 Å². The summed E-state index contributed by atoms with van der Waals surface area (Å²) >= 11 is 0. The second-order valence-electron chi connectivity index (χ2n) is 5.68. The number of ketones is 3. The molecule has 0 N–H and O–H groups in total. The molecule has 0 radical (unpaired) electrons. The van der Waals surface area contributed by atoms with Crippen LogP contribution in [0.3, 0.4) is 0 Å². The molecule has 0 spiro atoms. The van der Waals surface area contributed by atoms with Crippen LogP contribution < -0.4 is 0 Å². The van der Waals surface area contributed by atoms with E-state index in [1.165, 1.54) is 26.8 Å². The molecule has 0 aliphatic rings. The fourth-order valence-corrected chi connectivity index (χ4v) is 1.58. The van der Waals surface area contributed by atoms with Crippen LogP contribution >= 0.6 is 0 Å². The van der Waals surface area contributed by atoms with Crippen molar-refractivity contribution in [2.24, 2.45) is 0 Å². The van der Waals surface area contributed by atoms with Gasteiger partial charge in [-0.1, -0.05) is 38.6 Å². The maximum Gasteiger partial charge on any atom is 0.159 e. The minimum atomic E-state index is -0.0156. The molecule has 0 amide bonds. The van der Waals surface area contributed by atoms with Crippen LogP contribution in [0.2, 0.25) is 0 Å². The molecule has 1 aromatic carbocycles. The van der Waals surface area contributed by atoms with E-state index < -0.39 is 0 Å². The fraction of sp³-hybridized carbons (Fsp3) is 0.286. The van der Waals surface area contributed by atoms with Gasteiger partial charge in [0.2, 0.25) is 0 Å². The van der Waals surface area contributed by atoms with Gasteiger partial charge in [0.05, 0.1) is 6.26 Å². The smallest absolute Gasteiger partial charge is 0.159 e. The predicted octanol–water partition coefficient (Wildman–Crippen LogP) is 5.26. The number of hydrogen-bond donors (Lipinski definition) is 0. The summed E-state index contributed by atoms with van der Waals surface area (Å²) in [6.07, 6.45) is 2.98. The summed E-state index contributed by atoms with van der Waals surface area (Å²) in [6.45, 7) is 11.9. The zero-order valence-corrected chi connectivity index (χ0v) is 15.5. The molecule has 4 heteroatoms. The summed E-state index contributed by atoms with van der Waals surface area (Å²) in [4.78, 5) is 31.5. The van der Waals surface area contributed by atoms with Crippen molar-refractivity contribution in [3.8, 4) is 0 Å². The first-order valence-corrected chi connectivity index (χ1v) is 7.97. The molecule has 2 aromatic rings. The molecule has 0 saturated carbocycles. The van der Waals surface area contributed by atoms with Gasteiger partial charge in [-0.05, 0) is 45.0 Å². The van der Waals surface area contributed by atoms with Crippen molar-refractivity contribution < 1.29 is 18.8 Å². The average molecular weight is 342 g/mol. The van der Waals surface area contributed by atoms with Gasteiger partial charge in [-0.2, -0.15) is 0 Å². The first kappa shape index (κ1) is 22.2. The van der Waals surface area contributed by atoms with E-state index in [1.807, 2.05) is 12.1 Å². The Kier molecular flexibility index (Phi) is 10.4. The van der Waals surface area contributed by atoms with E-state index in [9.17, 15) is 14.4 Å². The summed E-state index contributed by atoms with van der Waals surface area (Å²) in [6, 6.07) is 10.6. The molecular weight excluding hydrogens is 316 g/mol. The van der Waals surface area contributed by atoms with Gasteiger partial charge < -0.3 is 4.42 Å². The van der Waals surface area contributed by atoms with E-state index in [1.54, 1.807) is 30.5 Å². The molecule has 134 valence electrons. The molecule has 0 unspecified atom stereocenters. The molecule has 0 saturated heterocycles. The summed E-state index contributed by atoms with van der Waals surface area (Å²) in [5.74, 6) is 1.57. The molecule has 4 nitrogen and oxygen atoms in total. The molecule has 25 heavy (non-hydrogen) atoms. The van der Waals surface area contributed by atoms with Gasteiger partial charge in [-0.25, -0.2) is 0 Å². The van der Waals surface area contributed by atoms with Crippen LogP contribution in [0.15, 0.2) is 59.7 Å². The monoisotopic (exact) mass is 342 g/mol. The number of rotatable bonds is 4. The number of benzene rings is 1. The van der Waals surface area contributed by atoms with Crippen molar-refractivity contribution in [1.29, 1.82) is 0 Å². The first-order chi connectivity index (χ1) is 11.7. The van der Waals surface area contributed by atoms with Crippen molar-refractivity contribution in [1.82, 2.24) is 0 Å². The zero-order chi connectivity index (χ0) is 19.4. The number of Topliss-reactive ketones (excluding diaryl/α,β-unsaturated/α-hetero) is 2. The molecule has 0 bridgehead atoms. The minimum absolute atomic E-state index is 0.0156. The Morgan fingerprint density at radius 3 is 1.68 bits per heavy atom. The molecule has 0 atom stereocenters. The van der Waals surface area contributed by atoms with Crippen molar-refractivity contribution in [2.45, 2.75) is 40.5 Å². The highest BCUT2D eigenvalue weighted by Gasteiger charge is 2.02. The molecule has 0 aliphatic carbocycles. The lowest BCUT2D eigenvalue weighted by Crippen LogP contribution is -1.96. The van der Waals surface area contributed by atoms with Gasteiger partial charge in [0, 0.05) is 17.0 Å². The van der Waals surface area contributed by atoms with Crippen LogP contribution in [0.1, 0.15) is 67.0 Å². The highest BCUT2D eigenvalue weighted by atomic mass is 16.3. The van der Waals surface area contributed by atoms with E-state index in [4.69, 9.17) is 4.42 Å². The van der Waals surface area contributed by atoms with Gasteiger partial charge in [0.25, 0.3) is 0 Å². The van der Waals surface area contributed by atoms with Crippen LogP contribution in [-0.2, 0) is 4.79 Å². The molecule has 2 rings (SSSR count). The molecular formula is C21H26O4. The topological polar surface area (TPSA) is 64.3 Å². The van der Waals surface area contributed by atoms with Gasteiger partial charge in [-0.15, -0.1) is 0 Å². The van der Waals surface area contributed by atoms with Crippen molar-refractivity contribution in [2.75, 3.05) is 0 Å². The Labute approximate surface area is 149 Å². The minimum Gasteiger partial charge on any atom is -0.469 e. The standard InChI is InChI=1S/C10H10O2.C7H10O.C4H6O/c1-7(11)9-4-3-5-10(6-9)8(2)12;1-6(2)7-4-3-5-8-7;1-3-4(2)5/h3-6H,1-2H3;3-6H,1-2H3;3H,1H2,2H3. The van der Waals surface area contributed by atoms with Crippen molar-refractivity contribution >= 4 is 17.3 Å². The van der Waals surface area contributed by atoms with Crippen LogP contribution in [0.4, 0.5) is 0 Å². The first-order valence-electron chi connectivity index (χ1n) is 7.97. The zero-order valence-electron chi connectivity index (χ0n) is 15.5. The second-order valence-corrected chi connectivity index (χ2v) is 5.68. The lowest BCUT2D eigenvalue weighted by Gasteiger charge is -1.97. The molecule has 0 fully saturated rings. The maximum atomic E-state index is 10.9. The lowest BCUT2D eigenvalue weighted by atomic mass is 10.1. The Morgan fingerprint density at radius 1 is 0.960 bits per heavy atom. The predicted molar refractivity (Wildman–Crippen MR) is 100 cm³/mol. The summed E-state index contributed by atoms with van der Waals surface area (Å²) < 4.78 is 5.09. The number of carbonyl (C=O) groups is 3. The van der Waals surface area contributed by atoms with Crippen molar-refractivity contribution in [3.05, 3.63) is 72.2 Å². The number of hydrogen-bond acceptors (Lipinski definition) is 4. The third-order valence-corrected chi connectivity index (χ3v) is 3.08. The number of allylic oxidation sites excluding steroid dienone is 1. The van der Waals surface area contributed by atoms with E-state index >= 15 is 0 Å². The van der Waals surface area contributed by atoms with Crippen molar-refractivity contribution in [3.63, 3.8) is 0 Å². The molecule has 1 aromatic heterocycles. The third kappa shape index (κ3) is 9.87. The highest BCUT2D eigenvalue weighted by molar-refractivity contribution is 5.99. The van der Waals surface area contributed by atoms with Gasteiger partial charge in [0.15, 0.2) is 17.3 Å². The fourth-order valence-electron chi connectivity index (χ4n) is 1.58. The normalized spacial score (nSPS) is 9.20. The van der Waals surface area contributed by atoms with Crippen LogP contribution in [-0.4, -0.2) is 17.3 Å². The Morgan fingerprint density at radius 2 is 1.44 bits per heavy atom. The molecule has 1 heterocycles. The number of carbonyl (C=O) groups excluding carboxylic acids is 3. The third-order valence-electron chi connectivity index (χ3n) is 3.08. The van der Waals surface area contributed by atoms with E-state index in [0.29, 0.717) is 17.0 Å². The SMILES string of the molecule is C=CC(C)=O.CC(=O)c1cccc(C(C)=O)c1.CC(C)c1ccco1.